The topological polar surface area (TPSA) is 50.2 Å². The predicted molar refractivity (Wildman–Crippen MR) is 124 cm³/mol. The Labute approximate surface area is 177 Å². The van der Waals surface area contributed by atoms with Gasteiger partial charge in [0.05, 0.1) is 11.6 Å². The van der Waals surface area contributed by atoms with Crippen molar-refractivity contribution in [2.24, 2.45) is 16.4 Å². The summed E-state index contributed by atoms with van der Waals surface area (Å²) in [6, 6.07) is 8.50. The maximum absolute atomic E-state index is 4.56. The van der Waals surface area contributed by atoms with Crippen molar-refractivity contribution in [1.82, 2.24) is 9.97 Å². The molecule has 0 fully saturated rings. The minimum Gasteiger partial charge on any atom is -0.261 e. The van der Waals surface area contributed by atoms with E-state index in [1.165, 1.54) is 34.2 Å². The molecule has 0 aliphatic heterocycles. The van der Waals surface area contributed by atoms with Crippen LogP contribution in [0.4, 0.5) is 5.82 Å². The molecule has 1 aromatic carbocycles. The number of anilines is 1. The van der Waals surface area contributed by atoms with E-state index in [1.807, 2.05) is 17.6 Å². The zero-order valence-corrected chi connectivity index (χ0v) is 18.6. The molecular weight excluding hydrogens is 376 g/mol. The Morgan fingerprint density at radius 3 is 2.72 bits per heavy atom. The molecule has 1 unspecified atom stereocenters. The normalized spacial score (nSPS) is 17.0. The molecule has 29 heavy (non-hydrogen) atoms. The number of nitrogens with one attached hydrogen (secondary N) is 1. The van der Waals surface area contributed by atoms with Crippen molar-refractivity contribution >= 4 is 33.6 Å². The molecule has 0 amide bonds. The van der Waals surface area contributed by atoms with Gasteiger partial charge in [-0.25, -0.2) is 9.97 Å². The van der Waals surface area contributed by atoms with Gasteiger partial charge in [0.1, 0.15) is 11.2 Å². The Kier molecular flexibility index (Phi) is 5.68. The van der Waals surface area contributed by atoms with Gasteiger partial charge < -0.3 is 0 Å². The average Bonchev–Trinajstić information content (AvgIpc) is 3.13. The van der Waals surface area contributed by atoms with Crippen LogP contribution < -0.4 is 5.43 Å². The molecule has 5 heteroatoms. The summed E-state index contributed by atoms with van der Waals surface area (Å²) < 4.78 is 0. The van der Waals surface area contributed by atoms with Crippen LogP contribution >= 0.6 is 11.3 Å². The van der Waals surface area contributed by atoms with Gasteiger partial charge in [0.2, 0.25) is 0 Å². The van der Waals surface area contributed by atoms with E-state index in [0.29, 0.717) is 11.3 Å². The second-order valence-corrected chi connectivity index (χ2v) is 9.74. The molecule has 0 bridgehead atoms. The molecule has 0 saturated heterocycles. The van der Waals surface area contributed by atoms with Gasteiger partial charge in [0.25, 0.3) is 0 Å². The van der Waals surface area contributed by atoms with Crippen molar-refractivity contribution in [1.29, 1.82) is 0 Å². The van der Waals surface area contributed by atoms with Crippen molar-refractivity contribution in [2.75, 3.05) is 5.43 Å². The Hall–Kier alpha value is -2.27. The Balaban J connectivity index is 1.60. The van der Waals surface area contributed by atoms with Crippen molar-refractivity contribution < 1.29 is 0 Å². The molecule has 1 aliphatic carbocycles. The SMILES string of the molecule is CCc1ccc(/C=N/Nc2ncnc3sc4c(c23)CC(C(C)(C)CC)CC4)cc1. The first kappa shape index (κ1) is 20.0. The Bertz CT molecular complexity index is 1020. The Morgan fingerprint density at radius 1 is 1.21 bits per heavy atom. The highest BCUT2D eigenvalue weighted by molar-refractivity contribution is 7.19. The number of benzene rings is 1. The predicted octanol–water partition coefficient (Wildman–Crippen LogP) is 6.24. The molecule has 2 aromatic heterocycles. The van der Waals surface area contributed by atoms with Crippen LogP contribution in [0.2, 0.25) is 0 Å². The third kappa shape index (κ3) is 4.06. The number of aromatic nitrogens is 2. The van der Waals surface area contributed by atoms with Gasteiger partial charge in [0, 0.05) is 4.88 Å². The number of nitrogens with zero attached hydrogens (tertiary/aromatic N) is 3. The van der Waals surface area contributed by atoms with Crippen LogP contribution in [0.25, 0.3) is 10.2 Å². The zero-order chi connectivity index (χ0) is 20.4. The van der Waals surface area contributed by atoms with Crippen LogP contribution in [0, 0.1) is 11.3 Å². The monoisotopic (exact) mass is 406 g/mol. The maximum atomic E-state index is 4.56. The number of aryl methyl sites for hydroxylation is 2. The third-order valence-electron chi connectivity index (χ3n) is 6.63. The fourth-order valence-corrected chi connectivity index (χ4v) is 5.34. The van der Waals surface area contributed by atoms with E-state index in [0.717, 1.165) is 35.5 Å². The maximum Gasteiger partial charge on any atom is 0.158 e. The molecule has 4 nitrogen and oxygen atoms in total. The van der Waals surface area contributed by atoms with Crippen molar-refractivity contribution in [2.45, 2.75) is 59.8 Å². The molecule has 152 valence electrons. The first-order valence-corrected chi connectivity index (χ1v) is 11.5. The quantitative estimate of drug-likeness (QED) is 0.389. The molecular formula is C24H30N4S. The molecule has 1 N–H and O–H groups in total. The summed E-state index contributed by atoms with van der Waals surface area (Å²) in [5.74, 6) is 1.52. The molecule has 2 heterocycles. The van der Waals surface area contributed by atoms with E-state index >= 15 is 0 Å². The van der Waals surface area contributed by atoms with Gasteiger partial charge in [-0.2, -0.15) is 5.10 Å². The van der Waals surface area contributed by atoms with E-state index in [2.05, 4.69) is 72.5 Å². The number of thiophene rings is 1. The lowest BCUT2D eigenvalue weighted by Gasteiger charge is -2.36. The largest absolute Gasteiger partial charge is 0.261 e. The van der Waals surface area contributed by atoms with Gasteiger partial charge >= 0.3 is 0 Å². The van der Waals surface area contributed by atoms with Crippen LogP contribution in [-0.2, 0) is 19.3 Å². The van der Waals surface area contributed by atoms with Gasteiger partial charge in [-0.05, 0) is 53.7 Å². The van der Waals surface area contributed by atoms with E-state index in [-0.39, 0.29) is 0 Å². The molecule has 4 rings (SSSR count). The Morgan fingerprint density at radius 2 is 2.00 bits per heavy atom. The number of hydrogen-bond acceptors (Lipinski definition) is 5. The number of hydrazone groups is 1. The lowest BCUT2D eigenvalue weighted by Crippen LogP contribution is -2.28. The second kappa shape index (κ2) is 8.23. The molecule has 0 spiro atoms. The second-order valence-electron chi connectivity index (χ2n) is 8.65. The number of fused-ring (bicyclic) bond motifs is 3. The fourth-order valence-electron chi connectivity index (χ4n) is 4.16. The smallest absolute Gasteiger partial charge is 0.158 e. The summed E-state index contributed by atoms with van der Waals surface area (Å²) in [7, 11) is 0. The fraction of sp³-hybridized carbons (Fsp3) is 0.458. The lowest BCUT2D eigenvalue weighted by molar-refractivity contribution is 0.184. The van der Waals surface area contributed by atoms with Crippen molar-refractivity contribution in [3.05, 3.63) is 52.2 Å². The highest BCUT2D eigenvalue weighted by Gasteiger charge is 2.33. The summed E-state index contributed by atoms with van der Waals surface area (Å²) in [6.45, 7) is 9.28. The first-order valence-electron chi connectivity index (χ1n) is 10.6. The third-order valence-corrected chi connectivity index (χ3v) is 7.83. The standard InChI is InChI=1S/C24H30N4S/c1-5-16-7-9-17(10-8-16)14-27-28-22-21-19-13-18(24(3,4)6-2)11-12-20(19)29-23(21)26-15-25-22/h7-10,14-15,18H,5-6,11-13H2,1-4H3,(H,25,26,28)/b27-14+. The van der Waals surface area contributed by atoms with Gasteiger partial charge in [0.15, 0.2) is 5.82 Å². The summed E-state index contributed by atoms with van der Waals surface area (Å²) in [4.78, 5) is 11.6. The number of hydrogen-bond donors (Lipinski definition) is 1. The molecule has 1 atom stereocenters. The molecule has 0 radical (unpaired) electrons. The highest BCUT2D eigenvalue weighted by Crippen LogP contribution is 2.45. The molecule has 3 aromatic rings. The molecule has 1 aliphatic rings. The van der Waals surface area contributed by atoms with Crippen LogP contribution in [0.15, 0.2) is 35.7 Å². The van der Waals surface area contributed by atoms with Gasteiger partial charge in [-0.1, -0.05) is 58.4 Å². The number of rotatable bonds is 6. The first-order chi connectivity index (χ1) is 14.0. The van der Waals surface area contributed by atoms with Gasteiger partial charge in [-0.3, -0.25) is 5.43 Å². The summed E-state index contributed by atoms with van der Waals surface area (Å²) >= 11 is 1.83. The average molecular weight is 407 g/mol. The van der Waals surface area contributed by atoms with E-state index in [1.54, 1.807) is 6.33 Å². The van der Waals surface area contributed by atoms with Crippen LogP contribution in [0.1, 0.15) is 62.1 Å². The minimum atomic E-state index is 0.359. The van der Waals surface area contributed by atoms with E-state index < -0.39 is 0 Å². The van der Waals surface area contributed by atoms with Crippen LogP contribution in [0.5, 0.6) is 0 Å². The van der Waals surface area contributed by atoms with Crippen molar-refractivity contribution in [3.63, 3.8) is 0 Å². The van der Waals surface area contributed by atoms with E-state index in [9.17, 15) is 0 Å². The van der Waals surface area contributed by atoms with E-state index in [4.69, 9.17) is 0 Å². The summed E-state index contributed by atoms with van der Waals surface area (Å²) in [6.07, 6.45) is 9.28. The minimum absolute atomic E-state index is 0.359. The van der Waals surface area contributed by atoms with Crippen molar-refractivity contribution in [3.8, 4) is 0 Å². The molecule has 0 saturated carbocycles. The van der Waals surface area contributed by atoms with Crippen LogP contribution in [-0.4, -0.2) is 16.2 Å². The highest BCUT2D eigenvalue weighted by atomic mass is 32.1. The van der Waals surface area contributed by atoms with Gasteiger partial charge in [-0.15, -0.1) is 11.3 Å². The zero-order valence-electron chi connectivity index (χ0n) is 17.8. The summed E-state index contributed by atoms with van der Waals surface area (Å²) in [5.41, 5.74) is 7.41. The van der Waals surface area contributed by atoms with Crippen LogP contribution in [0.3, 0.4) is 0 Å². The lowest BCUT2D eigenvalue weighted by atomic mass is 9.69. The summed E-state index contributed by atoms with van der Waals surface area (Å²) in [5, 5.41) is 5.64.